The molecule has 0 bridgehead atoms. The molecule has 1 spiro atoms. The van der Waals surface area contributed by atoms with Crippen molar-refractivity contribution in [3.63, 3.8) is 0 Å². The van der Waals surface area contributed by atoms with Crippen molar-refractivity contribution < 1.29 is 23.9 Å². The quantitative estimate of drug-likeness (QED) is 0.225. The standard InChI is InChI=1S/C41H50N4O5/c1-40(2,3)50-39(49)44-36(28-12-6-4-7-13-28)38(48)45-24-22-41(23-25-45)27-30(33-16-10-11-17-34(33)41)26-35(46)42-31-18-20-32(21-19-31)43-37(47)29-14-8-5-9-15-29/h5,8-11,14-21,28,30,36H,4,6-7,12-13,22-27H2,1-3H3,(H,42,46)(H,43,47)(H,44,49)/t30?,36-/m1/s1. The first-order valence-electron chi connectivity index (χ1n) is 18.1. The molecule has 50 heavy (non-hydrogen) atoms. The van der Waals surface area contributed by atoms with Gasteiger partial charge in [-0.25, -0.2) is 4.79 Å². The Morgan fingerprint density at radius 2 is 1.44 bits per heavy atom. The zero-order valence-electron chi connectivity index (χ0n) is 29.5. The van der Waals surface area contributed by atoms with Crippen molar-refractivity contribution >= 4 is 35.2 Å². The zero-order valence-corrected chi connectivity index (χ0v) is 29.5. The number of carbonyl (C=O) groups is 4. The molecule has 4 amide bonds. The van der Waals surface area contributed by atoms with Gasteiger partial charge in [0.2, 0.25) is 11.8 Å². The average molecular weight is 679 g/mol. The molecule has 0 radical (unpaired) electrons. The van der Waals surface area contributed by atoms with E-state index in [1.807, 2.05) is 49.9 Å². The van der Waals surface area contributed by atoms with Crippen LogP contribution in [0.3, 0.4) is 0 Å². The number of ether oxygens (including phenoxy) is 1. The van der Waals surface area contributed by atoms with Gasteiger partial charge in [-0.15, -0.1) is 0 Å². The molecule has 1 unspecified atom stereocenters. The molecule has 1 heterocycles. The van der Waals surface area contributed by atoms with Crippen molar-refractivity contribution in [3.05, 3.63) is 95.6 Å². The summed E-state index contributed by atoms with van der Waals surface area (Å²) in [5.41, 5.74) is 3.67. The number of fused-ring (bicyclic) bond motifs is 2. The first-order valence-corrected chi connectivity index (χ1v) is 18.1. The van der Waals surface area contributed by atoms with Crippen LogP contribution in [0.15, 0.2) is 78.9 Å². The predicted octanol–water partition coefficient (Wildman–Crippen LogP) is 7.79. The highest BCUT2D eigenvalue weighted by molar-refractivity contribution is 6.04. The van der Waals surface area contributed by atoms with E-state index in [2.05, 4.69) is 34.1 Å². The van der Waals surface area contributed by atoms with Gasteiger partial charge in [0.05, 0.1) is 0 Å². The molecule has 9 nitrogen and oxygen atoms in total. The van der Waals surface area contributed by atoms with Crippen LogP contribution in [-0.4, -0.2) is 53.4 Å². The third-order valence-corrected chi connectivity index (χ3v) is 10.6. The normalized spacial score (nSPS) is 19.3. The Labute approximate surface area is 295 Å². The SMILES string of the molecule is CC(C)(C)OC(=O)N[C@@H](C(=O)N1CCC2(CC1)CC(CC(=O)Nc1ccc(NC(=O)c3ccccc3)cc1)c1ccccc12)C1CCCCC1. The summed E-state index contributed by atoms with van der Waals surface area (Å²) in [6, 6.07) is 24.1. The number of hydrogen-bond acceptors (Lipinski definition) is 5. The lowest BCUT2D eigenvalue weighted by Crippen LogP contribution is -2.56. The Morgan fingerprint density at radius 3 is 2.10 bits per heavy atom. The topological polar surface area (TPSA) is 117 Å². The molecule has 1 saturated heterocycles. The smallest absolute Gasteiger partial charge is 0.408 e. The number of hydrogen-bond donors (Lipinski definition) is 3. The van der Waals surface area contributed by atoms with Crippen molar-refractivity contribution in [1.82, 2.24) is 10.2 Å². The van der Waals surface area contributed by atoms with Crippen molar-refractivity contribution in [2.24, 2.45) is 5.92 Å². The van der Waals surface area contributed by atoms with Crippen molar-refractivity contribution in [3.8, 4) is 0 Å². The van der Waals surface area contributed by atoms with Crippen molar-refractivity contribution in [2.75, 3.05) is 23.7 Å². The Hall–Kier alpha value is -4.66. The second-order valence-electron chi connectivity index (χ2n) is 15.3. The molecule has 2 aliphatic carbocycles. The molecule has 3 N–H and O–H groups in total. The summed E-state index contributed by atoms with van der Waals surface area (Å²) >= 11 is 0. The minimum atomic E-state index is -0.641. The third kappa shape index (κ3) is 8.37. The van der Waals surface area contributed by atoms with Gasteiger partial charge >= 0.3 is 6.09 Å². The minimum Gasteiger partial charge on any atom is -0.444 e. The number of nitrogens with one attached hydrogen (secondary N) is 3. The molecule has 3 aromatic rings. The van der Waals surface area contributed by atoms with Crippen LogP contribution in [0, 0.1) is 5.92 Å². The number of piperidine rings is 1. The van der Waals surface area contributed by atoms with Gasteiger partial charge in [-0.1, -0.05) is 61.7 Å². The van der Waals surface area contributed by atoms with Gasteiger partial charge in [-0.3, -0.25) is 14.4 Å². The van der Waals surface area contributed by atoms with Gasteiger partial charge in [0.1, 0.15) is 11.6 Å². The van der Waals surface area contributed by atoms with Crippen LogP contribution in [-0.2, 0) is 19.7 Å². The number of likely N-dealkylation sites (tertiary alicyclic amines) is 1. The summed E-state index contributed by atoms with van der Waals surface area (Å²) < 4.78 is 5.56. The van der Waals surface area contributed by atoms with Gasteiger partial charge in [0.25, 0.3) is 5.91 Å². The van der Waals surface area contributed by atoms with E-state index in [9.17, 15) is 19.2 Å². The summed E-state index contributed by atoms with van der Waals surface area (Å²) in [7, 11) is 0. The molecule has 3 aromatic carbocycles. The van der Waals surface area contributed by atoms with E-state index in [4.69, 9.17) is 4.74 Å². The van der Waals surface area contributed by atoms with E-state index in [1.165, 1.54) is 11.1 Å². The molecule has 1 aliphatic heterocycles. The van der Waals surface area contributed by atoms with Crippen LogP contribution < -0.4 is 16.0 Å². The second-order valence-corrected chi connectivity index (χ2v) is 15.3. The fraction of sp³-hybridized carbons (Fsp3) is 0.463. The van der Waals surface area contributed by atoms with Crippen LogP contribution in [0.25, 0.3) is 0 Å². The Bertz CT molecular complexity index is 1670. The molecule has 9 heteroatoms. The number of benzene rings is 3. The van der Waals surface area contributed by atoms with Crippen LogP contribution in [0.4, 0.5) is 16.2 Å². The summed E-state index contributed by atoms with van der Waals surface area (Å²) in [5.74, 6) is -0.0711. The lowest BCUT2D eigenvalue weighted by atomic mass is 9.73. The van der Waals surface area contributed by atoms with E-state index in [1.54, 1.807) is 36.4 Å². The van der Waals surface area contributed by atoms with E-state index in [0.29, 0.717) is 36.4 Å². The van der Waals surface area contributed by atoms with Crippen molar-refractivity contribution in [2.45, 2.75) is 102 Å². The first kappa shape index (κ1) is 35.2. The molecule has 0 aromatic heterocycles. The summed E-state index contributed by atoms with van der Waals surface area (Å²) in [5, 5.41) is 8.91. The molecule has 3 aliphatic rings. The van der Waals surface area contributed by atoms with Gasteiger partial charge in [-0.2, -0.15) is 0 Å². The van der Waals surface area contributed by atoms with Gasteiger partial charge in [0.15, 0.2) is 0 Å². The number of carbonyl (C=O) groups excluding carboxylic acids is 4. The third-order valence-electron chi connectivity index (χ3n) is 10.6. The highest BCUT2D eigenvalue weighted by atomic mass is 16.6. The lowest BCUT2D eigenvalue weighted by molar-refractivity contribution is -0.137. The maximum Gasteiger partial charge on any atom is 0.408 e. The number of alkyl carbamates (subject to hydrolysis) is 1. The first-order chi connectivity index (χ1) is 24.0. The lowest BCUT2D eigenvalue weighted by Gasteiger charge is -2.42. The van der Waals surface area contributed by atoms with Crippen LogP contribution in [0.2, 0.25) is 0 Å². The number of nitrogens with zero attached hydrogens (tertiary/aromatic N) is 1. The number of rotatable bonds is 8. The van der Waals surface area contributed by atoms with Crippen molar-refractivity contribution in [1.29, 1.82) is 0 Å². The van der Waals surface area contributed by atoms with Crippen LogP contribution in [0.1, 0.15) is 106 Å². The van der Waals surface area contributed by atoms with E-state index in [0.717, 1.165) is 51.4 Å². The Balaban J connectivity index is 1.07. The molecule has 1 saturated carbocycles. The number of anilines is 2. The minimum absolute atomic E-state index is 0.00882. The fourth-order valence-corrected chi connectivity index (χ4v) is 8.18. The largest absolute Gasteiger partial charge is 0.444 e. The fourth-order valence-electron chi connectivity index (χ4n) is 8.18. The predicted molar refractivity (Wildman–Crippen MR) is 195 cm³/mol. The van der Waals surface area contributed by atoms with E-state index < -0.39 is 17.7 Å². The monoisotopic (exact) mass is 678 g/mol. The van der Waals surface area contributed by atoms with E-state index >= 15 is 0 Å². The zero-order chi connectivity index (χ0) is 35.3. The van der Waals surface area contributed by atoms with E-state index in [-0.39, 0.29) is 35.0 Å². The average Bonchev–Trinajstić information content (AvgIpc) is 3.40. The molecule has 2 atom stereocenters. The van der Waals surface area contributed by atoms with Gasteiger partial charge in [-0.05, 0) is 118 Å². The second kappa shape index (κ2) is 15.1. The summed E-state index contributed by atoms with van der Waals surface area (Å²) in [6.45, 7) is 6.71. The maximum absolute atomic E-state index is 14.1. The molecule has 2 fully saturated rings. The van der Waals surface area contributed by atoms with Gasteiger partial charge in [0, 0.05) is 36.4 Å². The van der Waals surface area contributed by atoms with Crippen LogP contribution >= 0.6 is 0 Å². The van der Waals surface area contributed by atoms with Crippen LogP contribution in [0.5, 0.6) is 0 Å². The Morgan fingerprint density at radius 1 is 0.820 bits per heavy atom. The van der Waals surface area contributed by atoms with Gasteiger partial charge < -0.3 is 25.6 Å². The number of amides is 4. The molecule has 6 rings (SSSR count). The molecular formula is C41H50N4O5. The summed E-state index contributed by atoms with van der Waals surface area (Å²) in [6.07, 6.45) is 7.46. The molecular weight excluding hydrogens is 628 g/mol. The highest BCUT2D eigenvalue weighted by Gasteiger charge is 2.47. The molecule has 264 valence electrons. The maximum atomic E-state index is 14.1. The Kier molecular flexibility index (Phi) is 10.6. The summed E-state index contributed by atoms with van der Waals surface area (Å²) in [4.78, 5) is 54.7. The highest BCUT2D eigenvalue weighted by Crippen LogP contribution is 2.53.